The maximum atomic E-state index is 14.3. The summed E-state index contributed by atoms with van der Waals surface area (Å²) in [5, 5.41) is 19.9. The Morgan fingerprint density at radius 1 is 1.28 bits per heavy atom. The number of benzene rings is 2. The number of aromatic nitrogens is 3. The number of carbonyl (C=O) groups is 1. The number of hydrogen-bond donors (Lipinski definition) is 3. The lowest BCUT2D eigenvalue weighted by molar-refractivity contribution is -0.144. The summed E-state index contributed by atoms with van der Waals surface area (Å²) in [4.78, 5) is 20.6. The average Bonchev–Trinajstić information content (AvgIpc) is 3.53. The summed E-state index contributed by atoms with van der Waals surface area (Å²) >= 11 is 0. The molecular weight excluding hydrogens is 575 g/mol. The number of hydrogen-bond acceptors (Lipinski definition) is 11. The van der Waals surface area contributed by atoms with Crippen LogP contribution < -0.4 is 15.3 Å². The number of nitrogens with two attached hydrogens (primary N) is 1. The van der Waals surface area contributed by atoms with Crippen molar-refractivity contribution in [2.75, 3.05) is 25.5 Å². The third kappa shape index (κ3) is 5.86. The van der Waals surface area contributed by atoms with Crippen molar-refractivity contribution in [3.63, 3.8) is 0 Å². The molecule has 3 heterocycles. The molecule has 0 saturated carbocycles. The second-order valence-electron chi connectivity index (χ2n) is 10.3. The predicted octanol–water partition coefficient (Wildman–Crippen LogP) is 3.50. The van der Waals surface area contributed by atoms with E-state index in [9.17, 15) is 14.5 Å². The highest BCUT2D eigenvalue weighted by Crippen LogP contribution is 2.50. The van der Waals surface area contributed by atoms with Gasteiger partial charge in [0.1, 0.15) is 35.3 Å². The number of ether oxygens (including phenoxy) is 2. The molecule has 14 heteroatoms. The molecule has 13 nitrogen and oxygen atoms in total. The predicted molar refractivity (Wildman–Crippen MR) is 161 cm³/mol. The highest BCUT2D eigenvalue weighted by atomic mass is 31.2. The Bertz CT molecular complexity index is 1680. The maximum Gasteiger partial charge on any atom is 0.459 e. The van der Waals surface area contributed by atoms with Gasteiger partial charge in [0, 0.05) is 11.3 Å². The van der Waals surface area contributed by atoms with Gasteiger partial charge in [-0.25, -0.2) is 14.1 Å². The van der Waals surface area contributed by atoms with Gasteiger partial charge < -0.3 is 24.8 Å². The minimum Gasteiger partial charge on any atom is -0.465 e. The van der Waals surface area contributed by atoms with Crippen molar-refractivity contribution >= 4 is 42.5 Å². The van der Waals surface area contributed by atoms with E-state index in [4.69, 9.17) is 24.3 Å². The third-order valence-corrected chi connectivity index (χ3v) is 9.25. The van der Waals surface area contributed by atoms with E-state index in [0.717, 1.165) is 5.39 Å². The second-order valence-corrected chi connectivity index (χ2v) is 12.0. The van der Waals surface area contributed by atoms with Gasteiger partial charge in [-0.2, -0.15) is 10.2 Å². The van der Waals surface area contributed by atoms with Crippen LogP contribution in [0.3, 0.4) is 0 Å². The van der Waals surface area contributed by atoms with Crippen LogP contribution in [-0.2, 0) is 29.0 Å². The minimum atomic E-state index is -4.26. The summed E-state index contributed by atoms with van der Waals surface area (Å²) in [5.41, 5.74) is 6.02. The van der Waals surface area contributed by atoms with Crippen molar-refractivity contribution in [3.8, 4) is 5.75 Å². The summed E-state index contributed by atoms with van der Waals surface area (Å²) in [6, 6.07) is 15.2. The van der Waals surface area contributed by atoms with Gasteiger partial charge in [0.05, 0.1) is 31.6 Å². The van der Waals surface area contributed by atoms with Crippen LogP contribution in [0.25, 0.3) is 16.3 Å². The monoisotopic (exact) mass is 610 g/mol. The zero-order valence-corrected chi connectivity index (χ0v) is 25.0. The molecule has 1 aliphatic rings. The first-order valence-electron chi connectivity index (χ1n) is 13.9. The first kappa shape index (κ1) is 30.6. The molecule has 43 heavy (non-hydrogen) atoms. The number of esters is 1. The number of nitrogens with one attached hydrogen (secondary N) is 1. The molecule has 6 unspecified atom stereocenters. The Morgan fingerprint density at radius 3 is 2.81 bits per heavy atom. The van der Waals surface area contributed by atoms with Crippen LogP contribution in [0.4, 0.5) is 5.82 Å². The van der Waals surface area contributed by atoms with Gasteiger partial charge in [0.25, 0.3) is 0 Å². The molecular formula is C29H35N6O7P. The molecule has 0 radical (unpaired) electrons. The molecule has 5 rings (SSSR count). The van der Waals surface area contributed by atoms with Crippen molar-refractivity contribution in [2.45, 2.75) is 44.6 Å². The number of nitrogen functional groups attached to an aromatic ring is 1. The highest BCUT2D eigenvalue weighted by molar-refractivity contribution is 7.52. The first-order chi connectivity index (χ1) is 20.6. The van der Waals surface area contributed by atoms with Crippen LogP contribution in [0.5, 0.6) is 5.75 Å². The summed E-state index contributed by atoms with van der Waals surface area (Å²) in [7, 11) is -4.26. The fraction of sp³-hybridized carbons (Fsp3) is 0.379. The Balaban J connectivity index is 1.44. The summed E-state index contributed by atoms with van der Waals surface area (Å²) in [6.07, 6.45) is -0.708. The van der Waals surface area contributed by atoms with Crippen LogP contribution >= 0.6 is 7.75 Å². The quantitative estimate of drug-likeness (QED) is 0.122. The lowest BCUT2D eigenvalue weighted by Crippen LogP contribution is -2.38. The van der Waals surface area contributed by atoms with Crippen LogP contribution in [0.15, 0.2) is 65.9 Å². The molecule has 1 fully saturated rings. The van der Waals surface area contributed by atoms with E-state index in [-0.39, 0.29) is 31.3 Å². The Morgan fingerprint density at radius 2 is 2.05 bits per heavy atom. The normalized spacial score (nSPS) is 24.0. The van der Waals surface area contributed by atoms with E-state index < -0.39 is 43.5 Å². The molecule has 228 valence electrons. The Labute approximate surface area is 248 Å². The topological polar surface area (TPSA) is 172 Å². The maximum absolute atomic E-state index is 14.3. The Hall–Kier alpha value is -3.87. The standard InChI is InChI=1S/C29H35N6O7P/c1-5-39-28(37)19(3)34-43(38,42-23-12-8-10-20-9-6-7-11-21(20)23)40-15-24-26(36)18(2)29(41-24,16-31-4)25-14-13-22-27(30)32-17-33-35(22)25/h6-14,17-19,24,26,36H,4-5,15-16H2,1-3H3,(H,34,38)(H2,30,32,33). The van der Waals surface area contributed by atoms with E-state index >= 15 is 0 Å². The number of aliphatic hydroxyl groups excluding tert-OH is 1. The van der Waals surface area contributed by atoms with Crippen LogP contribution in [-0.4, -0.2) is 70.4 Å². The zero-order chi connectivity index (χ0) is 30.8. The molecule has 4 N–H and O–H groups in total. The number of carbonyl (C=O) groups excluding carboxylic acids is 1. The summed E-state index contributed by atoms with van der Waals surface area (Å²) in [6.45, 7) is 8.51. The second kappa shape index (κ2) is 12.4. The summed E-state index contributed by atoms with van der Waals surface area (Å²) in [5.74, 6) is -0.586. The lowest BCUT2D eigenvalue weighted by Gasteiger charge is -2.31. The molecule has 0 spiro atoms. The third-order valence-electron chi connectivity index (χ3n) is 7.62. The van der Waals surface area contributed by atoms with Crippen LogP contribution in [0.2, 0.25) is 0 Å². The first-order valence-corrected chi connectivity index (χ1v) is 15.4. The van der Waals surface area contributed by atoms with E-state index in [1.165, 1.54) is 13.3 Å². The van der Waals surface area contributed by atoms with Gasteiger partial charge in [-0.3, -0.25) is 14.3 Å². The van der Waals surface area contributed by atoms with Crippen molar-refractivity contribution in [1.29, 1.82) is 0 Å². The van der Waals surface area contributed by atoms with Crippen molar-refractivity contribution < 1.29 is 33.0 Å². The van der Waals surface area contributed by atoms with Crippen LogP contribution in [0.1, 0.15) is 26.5 Å². The van der Waals surface area contributed by atoms with E-state index in [1.807, 2.05) is 37.3 Å². The largest absolute Gasteiger partial charge is 0.465 e. The fourth-order valence-corrected chi connectivity index (χ4v) is 6.92. The van der Waals surface area contributed by atoms with Crippen molar-refractivity contribution in [3.05, 3.63) is 66.6 Å². The average molecular weight is 611 g/mol. The summed E-state index contributed by atoms with van der Waals surface area (Å²) < 4.78 is 39.3. The van der Waals surface area contributed by atoms with Gasteiger partial charge in [-0.05, 0) is 44.2 Å². The molecule has 6 atom stereocenters. The van der Waals surface area contributed by atoms with E-state index in [0.29, 0.717) is 16.6 Å². The van der Waals surface area contributed by atoms with E-state index in [2.05, 4.69) is 26.9 Å². The highest BCUT2D eigenvalue weighted by Gasteiger charge is 2.55. The number of fused-ring (bicyclic) bond motifs is 2. The molecule has 4 aromatic rings. The fourth-order valence-electron chi connectivity index (χ4n) is 5.40. The minimum absolute atomic E-state index is 0.0834. The van der Waals surface area contributed by atoms with Gasteiger partial charge in [0.15, 0.2) is 5.82 Å². The number of aliphatic imine (C=N–C) groups is 1. The molecule has 0 bridgehead atoms. The van der Waals surface area contributed by atoms with Crippen LogP contribution in [0, 0.1) is 5.92 Å². The molecule has 0 aliphatic carbocycles. The number of rotatable bonds is 12. The van der Waals surface area contributed by atoms with E-state index in [1.54, 1.807) is 35.7 Å². The molecule has 2 aromatic heterocycles. The van der Waals surface area contributed by atoms with Gasteiger partial charge in [0.2, 0.25) is 0 Å². The molecule has 0 amide bonds. The number of nitrogens with zero attached hydrogens (tertiary/aromatic N) is 4. The van der Waals surface area contributed by atoms with Gasteiger partial charge in [-0.15, -0.1) is 0 Å². The number of aliphatic hydroxyl groups is 1. The van der Waals surface area contributed by atoms with Crippen molar-refractivity contribution in [2.24, 2.45) is 10.9 Å². The van der Waals surface area contributed by atoms with Gasteiger partial charge >= 0.3 is 13.7 Å². The van der Waals surface area contributed by atoms with Crippen molar-refractivity contribution in [1.82, 2.24) is 19.7 Å². The SMILES string of the molecule is C=NCC1(c2ccc3c(N)ncnn23)OC(COP(=O)(NC(C)C(=O)OCC)Oc2cccc3ccccc23)C(O)C1C. The lowest BCUT2D eigenvalue weighted by atomic mass is 9.83. The Kier molecular flexibility index (Phi) is 8.81. The molecule has 2 aromatic carbocycles. The number of anilines is 1. The smallest absolute Gasteiger partial charge is 0.459 e. The zero-order valence-electron chi connectivity index (χ0n) is 24.1. The van der Waals surface area contributed by atoms with Gasteiger partial charge in [-0.1, -0.05) is 43.3 Å². The molecule has 1 aliphatic heterocycles. The molecule has 1 saturated heterocycles.